The first-order valence-corrected chi connectivity index (χ1v) is 13.9. The van der Waals surface area contributed by atoms with Gasteiger partial charge in [-0.15, -0.1) is 0 Å². The Bertz CT molecular complexity index is 1310. The molecule has 2 atom stereocenters. The van der Waals surface area contributed by atoms with E-state index >= 15 is 0 Å². The minimum atomic E-state index is -4.58. The van der Waals surface area contributed by atoms with Gasteiger partial charge in [0.15, 0.2) is 0 Å². The first-order valence-electron chi connectivity index (χ1n) is 13.9. The maximum absolute atomic E-state index is 13.7. The molecule has 1 aliphatic rings. The van der Waals surface area contributed by atoms with Gasteiger partial charge < -0.3 is 15.4 Å². The van der Waals surface area contributed by atoms with Gasteiger partial charge in [-0.25, -0.2) is 14.8 Å². The van der Waals surface area contributed by atoms with Gasteiger partial charge in [0.05, 0.1) is 16.8 Å². The van der Waals surface area contributed by atoms with Gasteiger partial charge in [0.25, 0.3) is 0 Å². The number of carbonyl (C=O) groups excluding carboxylic acids is 2. The van der Waals surface area contributed by atoms with Gasteiger partial charge in [-0.2, -0.15) is 13.2 Å². The Balaban J connectivity index is 1.37. The maximum Gasteiger partial charge on any atom is 0.419 e. The fourth-order valence-electron chi connectivity index (χ4n) is 5.18. The average Bonchev–Trinajstić information content (AvgIpc) is 3.41. The highest BCUT2D eigenvalue weighted by atomic mass is 19.4. The van der Waals surface area contributed by atoms with Gasteiger partial charge in [-0.3, -0.25) is 4.79 Å². The highest BCUT2D eigenvalue weighted by Crippen LogP contribution is 2.37. The quantitative estimate of drug-likeness (QED) is 0.246. The van der Waals surface area contributed by atoms with Gasteiger partial charge in [0, 0.05) is 23.8 Å². The lowest BCUT2D eigenvalue weighted by molar-refractivity contribution is -0.138. The van der Waals surface area contributed by atoms with E-state index in [2.05, 4.69) is 20.6 Å². The molecule has 1 unspecified atom stereocenters. The van der Waals surface area contributed by atoms with Crippen molar-refractivity contribution in [3.63, 3.8) is 0 Å². The van der Waals surface area contributed by atoms with Crippen molar-refractivity contribution in [2.45, 2.75) is 71.2 Å². The molecule has 1 heterocycles. The van der Waals surface area contributed by atoms with Crippen LogP contribution in [0.2, 0.25) is 0 Å². The summed E-state index contributed by atoms with van der Waals surface area (Å²) in [6, 6.07) is 15.7. The summed E-state index contributed by atoms with van der Waals surface area (Å²) in [4.78, 5) is 33.0. The van der Waals surface area contributed by atoms with E-state index in [1.807, 2.05) is 44.2 Å². The van der Waals surface area contributed by atoms with Crippen molar-refractivity contribution in [1.29, 1.82) is 0 Å². The van der Waals surface area contributed by atoms with Crippen LogP contribution in [0.15, 0.2) is 60.8 Å². The van der Waals surface area contributed by atoms with E-state index in [0.717, 1.165) is 31.0 Å². The molecular formula is C31H35F3N4O3. The third kappa shape index (κ3) is 8.52. The van der Waals surface area contributed by atoms with Crippen LogP contribution >= 0.6 is 0 Å². The Labute approximate surface area is 237 Å². The van der Waals surface area contributed by atoms with E-state index in [-0.39, 0.29) is 48.5 Å². The van der Waals surface area contributed by atoms with E-state index in [1.165, 1.54) is 0 Å². The molecule has 41 heavy (non-hydrogen) atoms. The number of rotatable bonds is 11. The molecule has 0 aliphatic heterocycles. The lowest BCUT2D eigenvalue weighted by Crippen LogP contribution is -2.37. The number of alkyl halides is 3. The fourth-order valence-corrected chi connectivity index (χ4v) is 5.18. The normalized spacial score (nSPS) is 16.9. The number of amides is 1. The van der Waals surface area contributed by atoms with Gasteiger partial charge in [-0.1, -0.05) is 36.8 Å². The fraction of sp³-hybridized carbons (Fsp3) is 0.419. The summed E-state index contributed by atoms with van der Waals surface area (Å²) in [7, 11) is 0. The van der Waals surface area contributed by atoms with Crippen molar-refractivity contribution in [2.24, 2.45) is 11.8 Å². The number of nitrogens with zero attached hydrogens (tertiary/aromatic N) is 2. The molecule has 0 bridgehead atoms. The number of hydrogen-bond acceptors (Lipinski definition) is 6. The zero-order valence-electron chi connectivity index (χ0n) is 23.2. The van der Waals surface area contributed by atoms with Crippen LogP contribution in [0.1, 0.15) is 73.1 Å². The number of nitrogens with one attached hydrogen (secondary N) is 2. The van der Waals surface area contributed by atoms with Crippen molar-refractivity contribution in [2.75, 3.05) is 5.32 Å². The molecule has 218 valence electrons. The molecule has 1 aliphatic carbocycles. The number of carbonyl (C=O) groups is 2. The van der Waals surface area contributed by atoms with Crippen LogP contribution in [-0.2, 0) is 28.7 Å². The van der Waals surface area contributed by atoms with Crippen LogP contribution in [0.3, 0.4) is 0 Å². The molecule has 3 aromatic rings. The SMILES string of the molecule is CC(C)NC(=O)[C@H]1CCCC1CCCc1nc(Nc2ccc(C(=O)OCc3ccccc3)cc2)ncc1C(F)(F)F. The molecule has 1 saturated carbocycles. The lowest BCUT2D eigenvalue weighted by Gasteiger charge is -2.21. The number of anilines is 2. The summed E-state index contributed by atoms with van der Waals surface area (Å²) >= 11 is 0. The molecule has 10 heteroatoms. The molecule has 0 radical (unpaired) electrons. The number of aryl methyl sites for hydroxylation is 1. The highest BCUT2D eigenvalue weighted by Gasteiger charge is 2.36. The highest BCUT2D eigenvalue weighted by molar-refractivity contribution is 5.89. The molecule has 7 nitrogen and oxygen atoms in total. The molecule has 1 amide bonds. The van der Waals surface area contributed by atoms with Gasteiger partial charge >= 0.3 is 12.1 Å². The molecule has 0 saturated heterocycles. The second-order valence-electron chi connectivity index (χ2n) is 10.7. The van der Waals surface area contributed by atoms with Crippen LogP contribution in [0, 0.1) is 11.8 Å². The number of aromatic nitrogens is 2. The van der Waals surface area contributed by atoms with Crippen LogP contribution in [0.25, 0.3) is 0 Å². The van der Waals surface area contributed by atoms with Gasteiger partial charge in [-0.05, 0) is 81.7 Å². The molecule has 2 N–H and O–H groups in total. The number of hydrogen-bond donors (Lipinski definition) is 2. The van der Waals surface area contributed by atoms with Crippen molar-refractivity contribution in [1.82, 2.24) is 15.3 Å². The Morgan fingerprint density at radius 3 is 2.46 bits per heavy atom. The number of halogens is 3. The molecule has 4 rings (SSSR count). The Hall–Kier alpha value is -3.95. The Morgan fingerprint density at radius 1 is 1.05 bits per heavy atom. The van der Waals surface area contributed by atoms with E-state index in [0.29, 0.717) is 24.1 Å². The topological polar surface area (TPSA) is 93.2 Å². The van der Waals surface area contributed by atoms with Gasteiger partial charge in [0.1, 0.15) is 6.61 Å². The predicted octanol–water partition coefficient (Wildman–Crippen LogP) is 6.86. The standard InChI is InChI=1S/C31H35F3N4O3/c1-20(2)36-28(39)25-12-6-10-22(25)11-7-13-27-26(31(32,33)34)18-35-30(38-27)37-24-16-14-23(15-17-24)29(40)41-19-21-8-4-3-5-9-21/h3-5,8-9,14-18,20,22,25H,6-7,10-13,19H2,1-2H3,(H,36,39)(H,35,37,38)/t22?,25-/m0/s1. The van der Waals surface area contributed by atoms with E-state index < -0.39 is 17.7 Å². The summed E-state index contributed by atoms with van der Waals surface area (Å²) in [6.45, 7) is 3.97. The molecule has 2 aromatic carbocycles. The van der Waals surface area contributed by atoms with E-state index in [9.17, 15) is 22.8 Å². The second-order valence-corrected chi connectivity index (χ2v) is 10.7. The van der Waals surface area contributed by atoms with Crippen LogP contribution < -0.4 is 10.6 Å². The largest absolute Gasteiger partial charge is 0.457 e. The molecule has 1 fully saturated rings. The zero-order chi connectivity index (χ0) is 29.4. The van der Waals surface area contributed by atoms with Crippen LogP contribution in [-0.4, -0.2) is 27.9 Å². The van der Waals surface area contributed by atoms with Crippen molar-refractivity contribution >= 4 is 23.5 Å². The van der Waals surface area contributed by atoms with Crippen LogP contribution in [0.4, 0.5) is 24.8 Å². The first-order chi connectivity index (χ1) is 19.6. The Kier molecular flexibility index (Phi) is 9.96. The summed E-state index contributed by atoms with van der Waals surface area (Å²) in [6.07, 6.45) is 0.123. The minimum Gasteiger partial charge on any atom is -0.457 e. The van der Waals surface area contributed by atoms with Crippen molar-refractivity contribution in [3.8, 4) is 0 Å². The van der Waals surface area contributed by atoms with Crippen molar-refractivity contribution in [3.05, 3.63) is 83.2 Å². The van der Waals surface area contributed by atoms with E-state index in [1.54, 1.807) is 24.3 Å². The Morgan fingerprint density at radius 2 is 1.78 bits per heavy atom. The van der Waals surface area contributed by atoms with Crippen LogP contribution in [0.5, 0.6) is 0 Å². The third-order valence-corrected chi connectivity index (χ3v) is 7.18. The summed E-state index contributed by atoms with van der Waals surface area (Å²) < 4.78 is 46.5. The predicted molar refractivity (Wildman–Crippen MR) is 149 cm³/mol. The monoisotopic (exact) mass is 568 g/mol. The summed E-state index contributed by atoms with van der Waals surface area (Å²) in [5.74, 6) is -0.370. The minimum absolute atomic E-state index is 0.0301. The zero-order valence-corrected chi connectivity index (χ0v) is 23.2. The average molecular weight is 569 g/mol. The van der Waals surface area contributed by atoms with Gasteiger partial charge in [0.2, 0.25) is 11.9 Å². The summed E-state index contributed by atoms with van der Waals surface area (Å²) in [5, 5.41) is 5.89. The van der Waals surface area contributed by atoms with E-state index in [4.69, 9.17) is 4.74 Å². The first kappa shape index (κ1) is 30.0. The number of ether oxygens (including phenoxy) is 1. The molecular weight excluding hydrogens is 533 g/mol. The van der Waals surface area contributed by atoms with Crippen molar-refractivity contribution < 1.29 is 27.5 Å². The number of esters is 1. The number of benzene rings is 2. The maximum atomic E-state index is 13.7. The molecule has 0 spiro atoms. The lowest BCUT2D eigenvalue weighted by atomic mass is 9.89. The molecule has 1 aromatic heterocycles. The summed E-state index contributed by atoms with van der Waals surface area (Å²) in [5.41, 5.74) is 0.777. The second kappa shape index (κ2) is 13.6. The third-order valence-electron chi connectivity index (χ3n) is 7.18. The smallest absolute Gasteiger partial charge is 0.419 e.